The number of anilines is 1. The summed E-state index contributed by atoms with van der Waals surface area (Å²) in [6.45, 7) is 3.86. The Hall–Kier alpha value is -2.64. The predicted molar refractivity (Wildman–Crippen MR) is 97.5 cm³/mol. The first-order valence-electron chi connectivity index (χ1n) is 7.54. The molecule has 8 heteroatoms. The van der Waals surface area contributed by atoms with Crippen molar-refractivity contribution in [3.63, 3.8) is 0 Å². The lowest BCUT2D eigenvalue weighted by molar-refractivity contribution is 0.578. The van der Waals surface area contributed by atoms with E-state index in [0.717, 1.165) is 12.1 Å². The zero-order valence-electron chi connectivity index (χ0n) is 13.4. The highest BCUT2D eigenvalue weighted by molar-refractivity contribution is 7.91. The van der Waals surface area contributed by atoms with Gasteiger partial charge in [-0.15, -0.1) is 6.58 Å². The zero-order valence-corrected chi connectivity index (χ0v) is 15.0. The van der Waals surface area contributed by atoms with E-state index >= 15 is 0 Å². The number of halogens is 2. The molecule has 2 aromatic carbocycles. The number of oxazole rings is 1. The van der Waals surface area contributed by atoms with Gasteiger partial charge in [0.25, 0.3) is 0 Å². The van der Waals surface area contributed by atoms with E-state index in [9.17, 15) is 12.8 Å². The highest BCUT2D eigenvalue weighted by Crippen LogP contribution is 2.32. The van der Waals surface area contributed by atoms with Crippen LogP contribution in [0.2, 0.25) is 5.02 Å². The van der Waals surface area contributed by atoms with Gasteiger partial charge in [0.2, 0.25) is 26.6 Å². The second-order valence-corrected chi connectivity index (χ2v) is 7.59. The van der Waals surface area contributed by atoms with Crippen molar-refractivity contribution < 1.29 is 17.2 Å². The second kappa shape index (κ2) is 7.31. The normalized spacial score (nSPS) is 11.3. The van der Waals surface area contributed by atoms with Crippen molar-refractivity contribution in [1.29, 1.82) is 0 Å². The predicted octanol–water partition coefficient (Wildman–Crippen LogP) is 4.56. The van der Waals surface area contributed by atoms with Crippen LogP contribution in [0.3, 0.4) is 0 Å². The summed E-state index contributed by atoms with van der Waals surface area (Å²) in [5.74, 6) is -0.427. The van der Waals surface area contributed by atoms with Crippen LogP contribution in [0.25, 0.3) is 11.5 Å². The van der Waals surface area contributed by atoms with Crippen LogP contribution < -0.4 is 5.32 Å². The molecule has 0 unspecified atom stereocenters. The molecular formula is C18H14ClFN2O3S. The lowest BCUT2D eigenvalue weighted by Gasteiger charge is -2.04. The quantitative estimate of drug-likeness (QED) is 0.491. The Morgan fingerprint density at radius 1 is 1.15 bits per heavy atom. The van der Waals surface area contributed by atoms with Crippen molar-refractivity contribution in [2.75, 3.05) is 11.9 Å². The summed E-state index contributed by atoms with van der Waals surface area (Å²) < 4.78 is 44.5. The van der Waals surface area contributed by atoms with Gasteiger partial charge in [0.05, 0.1) is 4.90 Å². The first kappa shape index (κ1) is 18.2. The minimum absolute atomic E-state index is 0.0147. The van der Waals surface area contributed by atoms with Gasteiger partial charge >= 0.3 is 0 Å². The number of nitrogens with one attached hydrogen (secondary N) is 1. The summed E-state index contributed by atoms with van der Waals surface area (Å²) in [5.41, 5.74) is 0.566. The smallest absolute Gasteiger partial charge is 0.234 e. The molecule has 0 spiro atoms. The summed E-state index contributed by atoms with van der Waals surface area (Å²) in [5, 5.41) is 3.08. The Morgan fingerprint density at radius 3 is 2.42 bits per heavy atom. The number of nitrogens with zero attached hydrogens (tertiary/aromatic N) is 1. The van der Waals surface area contributed by atoms with Crippen molar-refractivity contribution in [3.05, 3.63) is 72.0 Å². The lowest BCUT2D eigenvalue weighted by atomic mass is 10.2. The monoisotopic (exact) mass is 392 g/mol. The molecule has 5 nitrogen and oxygen atoms in total. The first-order valence-corrected chi connectivity index (χ1v) is 9.40. The number of rotatable bonds is 6. The maximum Gasteiger partial charge on any atom is 0.234 e. The fourth-order valence-corrected chi connectivity index (χ4v) is 3.61. The third-order valence-electron chi connectivity index (χ3n) is 3.47. The van der Waals surface area contributed by atoms with Crippen LogP contribution in [0, 0.1) is 5.82 Å². The maximum atomic E-state index is 13.1. The Morgan fingerprint density at radius 2 is 1.81 bits per heavy atom. The minimum atomic E-state index is -4.01. The molecule has 0 saturated heterocycles. The van der Waals surface area contributed by atoms with E-state index in [1.807, 2.05) is 0 Å². The van der Waals surface area contributed by atoms with Gasteiger partial charge in [0.15, 0.2) is 0 Å². The molecule has 1 aromatic heterocycles. The van der Waals surface area contributed by atoms with E-state index < -0.39 is 15.7 Å². The minimum Gasteiger partial charge on any atom is -0.419 e. The number of benzene rings is 2. The van der Waals surface area contributed by atoms with Crippen LogP contribution in [-0.2, 0) is 9.84 Å². The standard InChI is InChI=1S/C18H14ClFN2O3S/c1-2-11-21-17-18(26(23,24)15-9-7-14(20)8-10-15)22-16(25-17)12-3-5-13(19)6-4-12/h2-10,21H,1,11H2. The van der Waals surface area contributed by atoms with E-state index in [1.54, 1.807) is 30.3 Å². The molecule has 1 heterocycles. The van der Waals surface area contributed by atoms with Gasteiger partial charge in [-0.05, 0) is 48.5 Å². The Labute approximate surface area is 155 Å². The molecule has 0 bridgehead atoms. The van der Waals surface area contributed by atoms with Gasteiger partial charge in [-0.2, -0.15) is 4.98 Å². The largest absolute Gasteiger partial charge is 0.419 e. The lowest BCUT2D eigenvalue weighted by Crippen LogP contribution is -2.07. The molecule has 0 saturated carbocycles. The van der Waals surface area contributed by atoms with Crippen molar-refractivity contribution in [2.24, 2.45) is 0 Å². The van der Waals surface area contributed by atoms with Crippen molar-refractivity contribution in [2.45, 2.75) is 9.92 Å². The van der Waals surface area contributed by atoms with Crippen molar-refractivity contribution in [3.8, 4) is 11.5 Å². The van der Waals surface area contributed by atoms with Crippen LogP contribution in [0.1, 0.15) is 0 Å². The van der Waals surface area contributed by atoms with Crippen LogP contribution in [0.5, 0.6) is 0 Å². The highest BCUT2D eigenvalue weighted by Gasteiger charge is 2.28. The molecule has 0 aliphatic heterocycles. The first-order chi connectivity index (χ1) is 12.4. The van der Waals surface area contributed by atoms with Crippen molar-refractivity contribution in [1.82, 2.24) is 4.98 Å². The van der Waals surface area contributed by atoms with E-state index in [-0.39, 0.29) is 28.2 Å². The average Bonchev–Trinajstić information content (AvgIpc) is 3.06. The van der Waals surface area contributed by atoms with E-state index in [1.165, 1.54) is 12.1 Å². The van der Waals surface area contributed by atoms with Gasteiger partial charge in [0.1, 0.15) is 5.82 Å². The summed E-state index contributed by atoms with van der Waals surface area (Å²) in [7, 11) is -4.01. The fraction of sp³-hybridized carbons (Fsp3) is 0.0556. The number of aromatic nitrogens is 1. The molecule has 134 valence electrons. The van der Waals surface area contributed by atoms with E-state index in [0.29, 0.717) is 10.6 Å². The summed E-state index contributed by atoms with van der Waals surface area (Å²) >= 11 is 5.87. The summed E-state index contributed by atoms with van der Waals surface area (Å²) in [4.78, 5) is 4.06. The van der Waals surface area contributed by atoms with E-state index in [2.05, 4.69) is 16.9 Å². The molecular weight excluding hydrogens is 379 g/mol. The van der Waals surface area contributed by atoms with Crippen LogP contribution in [0.4, 0.5) is 10.3 Å². The third-order valence-corrected chi connectivity index (χ3v) is 5.40. The number of hydrogen-bond acceptors (Lipinski definition) is 5. The average molecular weight is 393 g/mol. The van der Waals surface area contributed by atoms with Gasteiger partial charge in [0, 0.05) is 17.1 Å². The third kappa shape index (κ3) is 3.63. The SMILES string of the molecule is C=CCNc1oc(-c2ccc(Cl)cc2)nc1S(=O)(=O)c1ccc(F)cc1. The van der Waals surface area contributed by atoms with Gasteiger partial charge in [-0.3, -0.25) is 0 Å². The van der Waals surface area contributed by atoms with Gasteiger partial charge in [-0.25, -0.2) is 12.8 Å². The zero-order chi connectivity index (χ0) is 18.7. The number of sulfone groups is 1. The molecule has 1 N–H and O–H groups in total. The Balaban J connectivity index is 2.10. The van der Waals surface area contributed by atoms with Crippen molar-refractivity contribution >= 4 is 27.3 Å². The van der Waals surface area contributed by atoms with E-state index in [4.69, 9.17) is 16.0 Å². The van der Waals surface area contributed by atoms with Gasteiger partial charge < -0.3 is 9.73 Å². The summed E-state index contributed by atoms with van der Waals surface area (Å²) in [6.07, 6.45) is 1.55. The Kier molecular flexibility index (Phi) is 5.11. The fourth-order valence-electron chi connectivity index (χ4n) is 2.21. The molecule has 0 aliphatic carbocycles. The summed E-state index contributed by atoms with van der Waals surface area (Å²) in [6, 6.07) is 11.1. The van der Waals surface area contributed by atoms with Crippen LogP contribution in [-0.4, -0.2) is 19.9 Å². The second-order valence-electron chi connectivity index (χ2n) is 5.29. The molecule has 0 atom stereocenters. The number of hydrogen-bond donors (Lipinski definition) is 1. The Bertz CT molecular complexity index is 1030. The topological polar surface area (TPSA) is 72.2 Å². The molecule has 0 fully saturated rings. The van der Waals surface area contributed by atoms with Crippen LogP contribution >= 0.6 is 11.6 Å². The van der Waals surface area contributed by atoms with Crippen LogP contribution in [0.15, 0.2) is 75.5 Å². The van der Waals surface area contributed by atoms with Gasteiger partial charge in [-0.1, -0.05) is 17.7 Å². The molecule has 3 rings (SSSR count). The molecule has 0 amide bonds. The maximum absolute atomic E-state index is 13.1. The molecule has 26 heavy (non-hydrogen) atoms. The molecule has 3 aromatic rings. The highest BCUT2D eigenvalue weighted by atomic mass is 35.5. The molecule has 0 radical (unpaired) electrons. The molecule has 0 aliphatic rings.